The second-order valence-electron chi connectivity index (χ2n) is 5.15. The minimum Gasteiger partial charge on any atom is -0.496 e. The Morgan fingerprint density at radius 2 is 2.00 bits per heavy atom. The molecule has 0 saturated heterocycles. The van der Waals surface area contributed by atoms with Crippen molar-refractivity contribution < 1.29 is 9.84 Å². The van der Waals surface area contributed by atoms with Crippen LogP contribution in [0.3, 0.4) is 0 Å². The molecule has 94 valence electrons. The van der Waals surface area contributed by atoms with E-state index in [2.05, 4.69) is 30.3 Å². The van der Waals surface area contributed by atoms with Crippen LogP contribution < -0.4 is 4.74 Å². The molecule has 1 aliphatic carbocycles. The van der Waals surface area contributed by atoms with Crippen LogP contribution in [0.5, 0.6) is 5.75 Å². The molecule has 0 amide bonds. The van der Waals surface area contributed by atoms with Gasteiger partial charge in [-0.25, -0.2) is 0 Å². The molecule has 1 fully saturated rings. The molecule has 2 heteroatoms. The molecule has 1 aliphatic rings. The van der Waals surface area contributed by atoms with Crippen molar-refractivity contribution in [2.45, 2.75) is 25.4 Å². The zero-order valence-electron chi connectivity index (χ0n) is 10.8. The Balaban J connectivity index is 2.14. The van der Waals surface area contributed by atoms with E-state index in [0.29, 0.717) is 11.8 Å². The summed E-state index contributed by atoms with van der Waals surface area (Å²) in [6.45, 7) is 1.88. The fraction of sp³-hybridized carbons (Fsp3) is 0.375. The third-order valence-electron chi connectivity index (χ3n) is 3.98. The smallest absolute Gasteiger partial charge is 0.122 e. The first-order chi connectivity index (χ1) is 8.72. The van der Waals surface area contributed by atoms with Crippen molar-refractivity contribution in [3.05, 3.63) is 42.0 Å². The van der Waals surface area contributed by atoms with E-state index in [1.54, 1.807) is 7.11 Å². The third kappa shape index (κ3) is 1.77. The minimum atomic E-state index is -0.237. The fourth-order valence-corrected chi connectivity index (χ4v) is 2.92. The lowest BCUT2D eigenvalue weighted by Gasteiger charge is -2.12. The Morgan fingerprint density at radius 1 is 1.22 bits per heavy atom. The van der Waals surface area contributed by atoms with Crippen molar-refractivity contribution in [2.24, 2.45) is 5.92 Å². The summed E-state index contributed by atoms with van der Waals surface area (Å²) in [7, 11) is 1.72. The predicted molar refractivity (Wildman–Crippen MR) is 73.0 cm³/mol. The zero-order chi connectivity index (χ0) is 12.7. The van der Waals surface area contributed by atoms with Crippen LogP contribution in [0, 0.1) is 5.92 Å². The largest absolute Gasteiger partial charge is 0.496 e. The number of aliphatic hydroxyl groups is 1. The zero-order valence-corrected chi connectivity index (χ0v) is 10.8. The molecule has 3 rings (SSSR count). The number of hydrogen-bond acceptors (Lipinski definition) is 2. The lowest BCUT2D eigenvalue weighted by molar-refractivity contribution is 0.168. The first-order valence-corrected chi connectivity index (χ1v) is 6.46. The quantitative estimate of drug-likeness (QED) is 0.894. The van der Waals surface area contributed by atoms with Gasteiger partial charge in [0.15, 0.2) is 0 Å². The summed E-state index contributed by atoms with van der Waals surface area (Å²) in [6.07, 6.45) is 0.820. The minimum absolute atomic E-state index is 0.237. The molecule has 2 aromatic rings. The lowest BCUT2D eigenvalue weighted by Crippen LogP contribution is -2.04. The highest BCUT2D eigenvalue weighted by atomic mass is 16.5. The SMILES string of the molecule is COc1ccc2ccccc2c1[C@@H]1C[C@@H]1[C@H](C)O. The highest BCUT2D eigenvalue weighted by Crippen LogP contribution is 2.54. The normalized spacial score (nSPS) is 23.9. The predicted octanol–water partition coefficient (Wildman–Crippen LogP) is 3.33. The van der Waals surface area contributed by atoms with E-state index >= 15 is 0 Å². The van der Waals surface area contributed by atoms with Crippen molar-refractivity contribution in [1.29, 1.82) is 0 Å². The number of methoxy groups -OCH3 is 1. The van der Waals surface area contributed by atoms with Gasteiger partial charge in [-0.15, -0.1) is 0 Å². The average molecular weight is 242 g/mol. The standard InChI is InChI=1S/C16H18O2/c1-10(17)13-9-14(13)16-12-6-4-3-5-11(12)7-8-15(16)18-2/h3-8,10,13-14,17H,9H2,1-2H3/t10-,13+,14+/m0/s1. The highest BCUT2D eigenvalue weighted by Gasteiger charge is 2.43. The van der Waals surface area contributed by atoms with Gasteiger partial charge < -0.3 is 9.84 Å². The van der Waals surface area contributed by atoms with Gasteiger partial charge in [0.25, 0.3) is 0 Å². The summed E-state index contributed by atoms with van der Waals surface area (Å²) in [4.78, 5) is 0. The Labute approximate surface area is 107 Å². The number of ether oxygens (including phenoxy) is 1. The van der Waals surface area contributed by atoms with Gasteiger partial charge in [0.1, 0.15) is 5.75 Å². The Hall–Kier alpha value is -1.54. The molecule has 0 unspecified atom stereocenters. The van der Waals surface area contributed by atoms with Crippen LogP contribution in [-0.4, -0.2) is 18.3 Å². The second kappa shape index (κ2) is 4.29. The maximum Gasteiger partial charge on any atom is 0.122 e. The Kier molecular flexibility index (Phi) is 2.75. The third-order valence-corrected chi connectivity index (χ3v) is 3.98. The van der Waals surface area contributed by atoms with Crippen molar-refractivity contribution in [2.75, 3.05) is 7.11 Å². The molecule has 0 heterocycles. The monoisotopic (exact) mass is 242 g/mol. The number of fused-ring (bicyclic) bond motifs is 1. The van der Waals surface area contributed by atoms with Crippen LogP contribution in [0.1, 0.15) is 24.8 Å². The summed E-state index contributed by atoms with van der Waals surface area (Å²) in [6, 6.07) is 12.5. The molecular weight excluding hydrogens is 224 g/mol. The van der Waals surface area contributed by atoms with Crippen LogP contribution in [0.15, 0.2) is 36.4 Å². The molecule has 0 radical (unpaired) electrons. The number of rotatable bonds is 3. The molecule has 18 heavy (non-hydrogen) atoms. The van der Waals surface area contributed by atoms with Gasteiger partial charge >= 0.3 is 0 Å². The maximum atomic E-state index is 9.72. The number of benzene rings is 2. The Bertz CT molecular complexity index is 574. The van der Waals surface area contributed by atoms with Gasteiger partial charge in [-0.1, -0.05) is 30.3 Å². The molecule has 2 nitrogen and oxygen atoms in total. The average Bonchev–Trinajstić information content (AvgIpc) is 3.17. The van der Waals surface area contributed by atoms with E-state index < -0.39 is 0 Å². The van der Waals surface area contributed by atoms with Crippen LogP contribution in [0.25, 0.3) is 10.8 Å². The van der Waals surface area contributed by atoms with Gasteiger partial charge in [-0.05, 0) is 42.0 Å². The molecule has 1 N–H and O–H groups in total. The van der Waals surface area contributed by atoms with E-state index in [1.165, 1.54) is 16.3 Å². The van der Waals surface area contributed by atoms with E-state index in [4.69, 9.17) is 4.74 Å². The molecule has 0 aliphatic heterocycles. The summed E-state index contributed by atoms with van der Waals surface area (Å²) >= 11 is 0. The van der Waals surface area contributed by atoms with Gasteiger partial charge in [-0.2, -0.15) is 0 Å². The van der Waals surface area contributed by atoms with Crippen LogP contribution >= 0.6 is 0 Å². The van der Waals surface area contributed by atoms with Crippen molar-refractivity contribution in [3.8, 4) is 5.75 Å². The van der Waals surface area contributed by atoms with Gasteiger partial charge in [0.05, 0.1) is 13.2 Å². The fourth-order valence-electron chi connectivity index (χ4n) is 2.92. The van der Waals surface area contributed by atoms with Crippen molar-refractivity contribution in [1.82, 2.24) is 0 Å². The summed E-state index contributed by atoms with van der Waals surface area (Å²) < 4.78 is 5.50. The van der Waals surface area contributed by atoms with E-state index in [0.717, 1.165) is 12.2 Å². The van der Waals surface area contributed by atoms with Crippen LogP contribution in [0.4, 0.5) is 0 Å². The van der Waals surface area contributed by atoms with E-state index in [9.17, 15) is 5.11 Å². The molecular formula is C16H18O2. The van der Waals surface area contributed by atoms with Crippen LogP contribution in [0.2, 0.25) is 0 Å². The topological polar surface area (TPSA) is 29.5 Å². The molecule has 1 saturated carbocycles. The van der Waals surface area contributed by atoms with Crippen molar-refractivity contribution >= 4 is 10.8 Å². The molecule has 0 aromatic heterocycles. The van der Waals surface area contributed by atoms with Gasteiger partial charge in [-0.3, -0.25) is 0 Å². The molecule has 0 spiro atoms. The summed E-state index contributed by atoms with van der Waals surface area (Å²) in [5.74, 6) is 1.76. The first-order valence-electron chi connectivity index (χ1n) is 6.46. The first kappa shape index (κ1) is 11.5. The van der Waals surface area contributed by atoms with Crippen molar-refractivity contribution in [3.63, 3.8) is 0 Å². The molecule has 3 atom stereocenters. The summed E-state index contributed by atoms with van der Waals surface area (Å²) in [5, 5.41) is 12.2. The maximum absolute atomic E-state index is 9.72. The molecule has 2 aromatic carbocycles. The summed E-state index contributed by atoms with van der Waals surface area (Å²) in [5.41, 5.74) is 1.27. The van der Waals surface area contributed by atoms with Crippen LogP contribution in [-0.2, 0) is 0 Å². The number of hydrogen-bond donors (Lipinski definition) is 1. The van der Waals surface area contributed by atoms with Gasteiger partial charge in [0.2, 0.25) is 0 Å². The van der Waals surface area contributed by atoms with E-state index in [1.807, 2.05) is 13.0 Å². The highest BCUT2D eigenvalue weighted by molar-refractivity contribution is 5.88. The number of aliphatic hydroxyl groups excluding tert-OH is 1. The van der Waals surface area contributed by atoms with Gasteiger partial charge in [0, 0.05) is 5.56 Å². The molecule has 0 bridgehead atoms. The second-order valence-corrected chi connectivity index (χ2v) is 5.15. The Morgan fingerprint density at radius 3 is 2.67 bits per heavy atom. The van der Waals surface area contributed by atoms with E-state index in [-0.39, 0.29) is 6.10 Å². The lowest BCUT2D eigenvalue weighted by atomic mass is 9.98.